The Morgan fingerprint density at radius 2 is 2.22 bits per heavy atom. The van der Waals surface area contributed by atoms with E-state index in [1.54, 1.807) is 0 Å². The normalized spacial score (nSPS) is 23.3. The molecule has 2 saturated heterocycles. The van der Waals surface area contributed by atoms with Crippen molar-refractivity contribution in [2.75, 3.05) is 37.8 Å². The van der Waals surface area contributed by atoms with E-state index in [4.69, 9.17) is 9.47 Å². The molecular weight excluding hydrogens is 294 g/mol. The van der Waals surface area contributed by atoms with E-state index < -0.39 is 0 Å². The van der Waals surface area contributed by atoms with E-state index >= 15 is 0 Å². The number of hydrogen-bond donors (Lipinski definition) is 0. The summed E-state index contributed by atoms with van der Waals surface area (Å²) < 4.78 is 13.4. The van der Waals surface area contributed by atoms with Gasteiger partial charge in [-0.1, -0.05) is 17.3 Å². The number of tetrazole rings is 1. The molecule has 23 heavy (non-hydrogen) atoms. The van der Waals surface area contributed by atoms with Gasteiger partial charge in [-0.05, 0) is 43.5 Å². The van der Waals surface area contributed by atoms with Gasteiger partial charge in [-0.2, -0.15) is 0 Å². The van der Waals surface area contributed by atoms with E-state index in [1.807, 2.05) is 11.6 Å². The number of ether oxygens (including phenoxy) is 2. The van der Waals surface area contributed by atoms with E-state index in [1.165, 1.54) is 0 Å². The first-order chi connectivity index (χ1) is 11.1. The van der Waals surface area contributed by atoms with Crippen molar-refractivity contribution < 1.29 is 9.47 Å². The minimum absolute atomic E-state index is 0.180. The van der Waals surface area contributed by atoms with Crippen LogP contribution in [-0.2, 0) is 16.0 Å². The Hall–Kier alpha value is -1.47. The van der Waals surface area contributed by atoms with Crippen molar-refractivity contribution in [1.82, 2.24) is 20.2 Å². The first kappa shape index (κ1) is 16.4. The third-order valence-corrected chi connectivity index (χ3v) is 4.85. The average molecular weight is 321 g/mol. The number of aromatic nitrogens is 4. The fraction of sp³-hybridized carbons (Fsp3) is 0.812. The smallest absolute Gasteiger partial charge is 0.245 e. The highest BCUT2D eigenvalue weighted by molar-refractivity contribution is 5.30. The van der Waals surface area contributed by atoms with Crippen LogP contribution < -0.4 is 4.90 Å². The molecule has 2 aliphatic heterocycles. The van der Waals surface area contributed by atoms with Crippen molar-refractivity contribution in [2.24, 2.45) is 5.41 Å². The van der Waals surface area contributed by atoms with Crippen molar-refractivity contribution in [3.63, 3.8) is 0 Å². The van der Waals surface area contributed by atoms with Gasteiger partial charge in [0.25, 0.3) is 0 Å². The third kappa shape index (κ3) is 3.72. The molecule has 2 aliphatic rings. The van der Waals surface area contributed by atoms with Crippen LogP contribution in [0.4, 0.5) is 5.95 Å². The second-order valence-electron chi connectivity index (χ2n) is 6.88. The Bertz CT molecular complexity index is 538. The van der Waals surface area contributed by atoms with Crippen LogP contribution in [0.5, 0.6) is 0 Å². The van der Waals surface area contributed by atoms with Gasteiger partial charge in [0.1, 0.15) is 0 Å². The van der Waals surface area contributed by atoms with Crippen molar-refractivity contribution in [3.8, 4) is 0 Å². The first-order valence-electron chi connectivity index (χ1n) is 8.47. The molecule has 1 atom stereocenters. The molecular formula is C16H27N5O2. The van der Waals surface area contributed by atoms with Gasteiger partial charge in [-0.25, -0.2) is 4.68 Å². The van der Waals surface area contributed by atoms with E-state index in [0.29, 0.717) is 12.0 Å². The van der Waals surface area contributed by atoms with Gasteiger partial charge in [0.2, 0.25) is 5.95 Å². The van der Waals surface area contributed by atoms with Crippen molar-refractivity contribution in [3.05, 3.63) is 12.2 Å². The summed E-state index contributed by atoms with van der Waals surface area (Å²) in [6, 6.07) is 0. The van der Waals surface area contributed by atoms with Gasteiger partial charge in [0.15, 0.2) is 0 Å². The van der Waals surface area contributed by atoms with Crippen LogP contribution in [0.1, 0.15) is 33.1 Å². The lowest BCUT2D eigenvalue weighted by molar-refractivity contribution is 0.00635. The van der Waals surface area contributed by atoms with Crippen molar-refractivity contribution in [1.29, 1.82) is 0 Å². The Morgan fingerprint density at radius 1 is 1.43 bits per heavy atom. The maximum atomic E-state index is 6.06. The molecule has 0 saturated carbocycles. The van der Waals surface area contributed by atoms with E-state index in [2.05, 4.69) is 33.9 Å². The van der Waals surface area contributed by atoms with Gasteiger partial charge < -0.3 is 14.4 Å². The summed E-state index contributed by atoms with van der Waals surface area (Å²) >= 11 is 0. The Labute approximate surface area is 137 Å². The molecule has 0 amide bonds. The Balaban J connectivity index is 1.65. The zero-order chi connectivity index (χ0) is 16.3. The summed E-state index contributed by atoms with van der Waals surface area (Å²) in [4.78, 5) is 2.14. The van der Waals surface area contributed by atoms with Crippen LogP contribution in [0.15, 0.2) is 12.2 Å². The number of anilines is 1. The van der Waals surface area contributed by atoms with Crippen LogP contribution in [-0.4, -0.2) is 59.2 Å². The summed E-state index contributed by atoms with van der Waals surface area (Å²) in [5.41, 5.74) is 1.40. The second kappa shape index (κ2) is 6.97. The van der Waals surface area contributed by atoms with Crippen molar-refractivity contribution >= 4 is 5.95 Å². The zero-order valence-electron chi connectivity index (χ0n) is 14.2. The second-order valence-corrected chi connectivity index (χ2v) is 6.88. The SMILES string of the molecule is C=C(C)CN(CC)c1nnnn1CC1CC2(CCOCC2)CO1. The molecule has 0 bridgehead atoms. The van der Waals surface area contributed by atoms with Crippen molar-refractivity contribution in [2.45, 2.75) is 45.8 Å². The highest BCUT2D eigenvalue weighted by atomic mass is 16.5. The van der Waals surface area contributed by atoms with Gasteiger partial charge in [0, 0.05) is 31.7 Å². The molecule has 7 heteroatoms. The van der Waals surface area contributed by atoms with E-state index in [9.17, 15) is 0 Å². The molecule has 1 aromatic rings. The lowest BCUT2D eigenvalue weighted by atomic mass is 9.78. The third-order valence-electron chi connectivity index (χ3n) is 4.85. The lowest BCUT2D eigenvalue weighted by Gasteiger charge is -2.31. The highest BCUT2D eigenvalue weighted by Gasteiger charge is 2.41. The Kier molecular flexibility index (Phi) is 4.96. The largest absolute Gasteiger partial charge is 0.381 e. The molecule has 0 aliphatic carbocycles. The lowest BCUT2D eigenvalue weighted by Crippen LogP contribution is -2.31. The summed E-state index contributed by atoms with van der Waals surface area (Å²) in [7, 11) is 0. The van der Waals surface area contributed by atoms with Crippen LogP contribution in [0.3, 0.4) is 0 Å². The molecule has 1 unspecified atom stereocenters. The molecule has 1 aromatic heterocycles. The average Bonchev–Trinajstić information content (AvgIpc) is 3.14. The minimum Gasteiger partial charge on any atom is -0.381 e. The molecule has 0 N–H and O–H groups in total. The summed E-state index contributed by atoms with van der Waals surface area (Å²) in [5, 5.41) is 12.2. The van der Waals surface area contributed by atoms with Crippen LogP contribution in [0, 0.1) is 5.41 Å². The fourth-order valence-electron chi connectivity index (χ4n) is 3.55. The summed E-state index contributed by atoms with van der Waals surface area (Å²) in [6.45, 7) is 13.0. The summed E-state index contributed by atoms with van der Waals surface area (Å²) in [5.74, 6) is 0.798. The minimum atomic E-state index is 0.180. The van der Waals surface area contributed by atoms with Crippen LogP contribution >= 0.6 is 0 Å². The van der Waals surface area contributed by atoms with Gasteiger partial charge in [-0.3, -0.25) is 0 Å². The number of likely N-dealkylation sites (N-methyl/N-ethyl adjacent to an activating group) is 1. The zero-order valence-corrected chi connectivity index (χ0v) is 14.2. The van der Waals surface area contributed by atoms with Crippen LogP contribution in [0.2, 0.25) is 0 Å². The molecule has 3 heterocycles. The number of hydrogen-bond acceptors (Lipinski definition) is 6. The van der Waals surface area contributed by atoms with Gasteiger partial charge in [-0.15, -0.1) is 0 Å². The molecule has 2 fully saturated rings. The number of rotatable bonds is 6. The quantitative estimate of drug-likeness (QED) is 0.743. The predicted octanol–water partition coefficient (Wildman–Crippen LogP) is 1.66. The topological polar surface area (TPSA) is 65.3 Å². The molecule has 0 aromatic carbocycles. The fourth-order valence-corrected chi connectivity index (χ4v) is 3.55. The maximum absolute atomic E-state index is 6.06. The monoisotopic (exact) mass is 321 g/mol. The summed E-state index contributed by atoms with van der Waals surface area (Å²) in [6.07, 6.45) is 3.45. The van der Waals surface area contributed by atoms with E-state index in [0.717, 1.165) is 63.7 Å². The predicted molar refractivity (Wildman–Crippen MR) is 87.4 cm³/mol. The molecule has 128 valence electrons. The van der Waals surface area contributed by atoms with E-state index in [-0.39, 0.29) is 6.10 Å². The molecule has 7 nitrogen and oxygen atoms in total. The molecule has 1 spiro atoms. The standard InChI is InChI=1S/C16H27N5O2/c1-4-20(10-13(2)3)15-17-18-19-21(15)11-14-9-16(12-23-14)5-7-22-8-6-16/h14H,2,4-12H2,1,3H3. The first-order valence-corrected chi connectivity index (χ1v) is 8.47. The van der Waals surface area contributed by atoms with Gasteiger partial charge in [0.05, 0.1) is 19.3 Å². The number of nitrogens with zero attached hydrogens (tertiary/aromatic N) is 5. The van der Waals surface area contributed by atoms with Gasteiger partial charge >= 0.3 is 0 Å². The highest BCUT2D eigenvalue weighted by Crippen LogP contribution is 2.41. The maximum Gasteiger partial charge on any atom is 0.245 e. The molecule has 3 rings (SSSR count). The Morgan fingerprint density at radius 3 is 2.91 bits per heavy atom. The molecule has 0 radical (unpaired) electrons. The van der Waals surface area contributed by atoms with Crippen LogP contribution in [0.25, 0.3) is 0 Å².